The molecule has 0 bridgehead atoms. The fourth-order valence-corrected chi connectivity index (χ4v) is 3.32. The number of nitrogens with zero attached hydrogens (tertiary/aromatic N) is 2. The number of rotatable bonds is 3. The molecule has 0 aliphatic rings. The van der Waals surface area contributed by atoms with Crippen molar-refractivity contribution in [1.29, 1.82) is 0 Å². The largest absolute Gasteiger partial charge is 0.382 e. The van der Waals surface area contributed by atoms with Crippen molar-refractivity contribution in [3.8, 4) is 11.1 Å². The second kappa shape index (κ2) is 6.49. The van der Waals surface area contributed by atoms with Crippen molar-refractivity contribution < 1.29 is 4.79 Å². The molecule has 134 valence electrons. The van der Waals surface area contributed by atoms with Gasteiger partial charge in [0.2, 0.25) is 0 Å². The van der Waals surface area contributed by atoms with Gasteiger partial charge in [0.15, 0.2) is 5.82 Å². The first-order valence-corrected chi connectivity index (χ1v) is 8.54. The first kappa shape index (κ1) is 16.7. The number of fused-ring (bicyclic) bond motifs is 1. The van der Waals surface area contributed by atoms with Crippen LogP contribution in [0.15, 0.2) is 66.7 Å². The van der Waals surface area contributed by atoms with E-state index in [4.69, 9.17) is 11.5 Å². The number of nitrogens with one attached hydrogen (secondary N) is 1. The van der Waals surface area contributed by atoms with Crippen LogP contribution in [0.4, 0.5) is 22.0 Å². The molecule has 0 unspecified atom stereocenters. The Morgan fingerprint density at radius 3 is 2.44 bits per heavy atom. The first-order chi connectivity index (χ1) is 13.0. The topological polar surface area (TPSA) is 101 Å². The molecule has 1 heterocycles. The Balaban J connectivity index is 1.86. The number of primary amides is 1. The summed E-state index contributed by atoms with van der Waals surface area (Å²) in [5, 5.41) is 7.88. The molecule has 0 atom stereocenters. The third kappa shape index (κ3) is 2.97. The van der Waals surface area contributed by atoms with E-state index in [-0.39, 0.29) is 0 Å². The lowest BCUT2D eigenvalue weighted by atomic mass is 10.0. The molecule has 5 N–H and O–H groups in total. The molecule has 0 radical (unpaired) electrons. The van der Waals surface area contributed by atoms with Crippen LogP contribution in [0, 0.1) is 6.92 Å². The highest BCUT2D eigenvalue weighted by Gasteiger charge is 2.17. The molecule has 6 nitrogen and oxygen atoms in total. The predicted molar refractivity (Wildman–Crippen MR) is 109 cm³/mol. The lowest BCUT2D eigenvalue weighted by molar-refractivity contribution is 0.256. The van der Waals surface area contributed by atoms with Crippen LogP contribution in [-0.4, -0.2) is 16.2 Å². The number of H-pyrrole nitrogens is 1. The van der Waals surface area contributed by atoms with Crippen LogP contribution >= 0.6 is 0 Å². The smallest absolute Gasteiger partial charge is 0.323 e. The summed E-state index contributed by atoms with van der Waals surface area (Å²) < 4.78 is 0. The van der Waals surface area contributed by atoms with Crippen molar-refractivity contribution in [2.24, 2.45) is 5.73 Å². The SMILES string of the molecule is Cc1cccc(N(C(N)=O)c2cccc(-c3cccc4[nH]nc(N)c34)c2)c1. The van der Waals surface area contributed by atoms with E-state index in [2.05, 4.69) is 10.2 Å². The van der Waals surface area contributed by atoms with Crippen molar-refractivity contribution in [3.63, 3.8) is 0 Å². The molecule has 0 spiro atoms. The number of aromatic amines is 1. The van der Waals surface area contributed by atoms with Gasteiger partial charge in [-0.3, -0.25) is 10.00 Å². The zero-order chi connectivity index (χ0) is 19.0. The number of aromatic nitrogens is 2. The maximum Gasteiger partial charge on any atom is 0.323 e. The molecular weight excluding hydrogens is 338 g/mol. The highest BCUT2D eigenvalue weighted by Crippen LogP contribution is 2.34. The van der Waals surface area contributed by atoms with E-state index in [9.17, 15) is 4.79 Å². The van der Waals surface area contributed by atoms with Crippen LogP contribution in [0.1, 0.15) is 5.56 Å². The number of urea groups is 1. The van der Waals surface area contributed by atoms with Crippen molar-refractivity contribution in [1.82, 2.24) is 10.2 Å². The summed E-state index contributed by atoms with van der Waals surface area (Å²) >= 11 is 0. The third-order valence-electron chi connectivity index (χ3n) is 4.51. The van der Waals surface area contributed by atoms with Gasteiger partial charge in [0.25, 0.3) is 0 Å². The molecular formula is C21H19N5O. The van der Waals surface area contributed by atoms with E-state index in [1.165, 1.54) is 4.90 Å². The highest BCUT2D eigenvalue weighted by atomic mass is 16.2. The van der Waals surface area contributed by atoms with Crippen LogP contribution in [0.25, 0.3) is 22.0 Å². The van der Waals surface area contributed by atoms with Crippen molar-refractivity contribution in [2.45, 2.75) is 6.92 Å². The van der Waals surface area contributed by atoms with Crippen molar-refractivity contribution in [2.75, 3.05) is 10.6 Å². The number of benzene rings is 3. The number of amides is 2. The molecule has 4 rings (SSSR count). The van der Waals surface area contributed by atoms with E-state index in [1.807, 2.05) is 73.7 Å². The minimum Gasteiger partial charge on any atom is -0.382 e. The quantitative estimate of drug-likeness (QED) is 0.508. The Kier molecular flexibility index (Phi) is 4.01. The second-order valence-electron chi connectivity index (χ2n) is 6.40. The highest BCUT2D eigenvalue weighted by molar-refractivity contribution is 6.03. The maximum atomic E-state index is 12.2. The van der Waals surface area contributed by atoms with Crippen molar-refractivity contribution >= 4 is 34.1 Å². The molecule has 0 aliphatic carbocycles. The Labute approximate surface area is 156 Å². The zero-order valence-electron chi connectivity index (χ0n) is 14.8. The Morgan fingerprint density at radius 2 is 1.70 bits per heavy atom. The minimum atomic E-state index is -0.543. The van der Waals surface area contributed by atoms with Crippen molar-refractivity contribution in [3.05, 3.63) is 72.3 Å². The molecule has 4 aromatic rings. The Bertz CT molecular complexity index is 1150. The normalized spacial score (nSPS) is 10.9. The van der Waals surface area contributed by atoms with E-state index >= 15 is 0 Å². The number of carbonyl (C=O) groups is 1. The van der Waals surface area contributed by atoms with E-state index in [0.717, 1.165) is 33.3 Å². The lowest BCUT2D eigenvalue weighted by Gasteiger charge is -2.22. The van der Waals surface area contributed by atoms with Crippen LogP contribution in [0.3, 0.4) is 0 Å². The molecule has 0 fully saturated rings. The average Bonchev–Trinajstić information content (AvgIpc) is 3.03. The number of nitrogen functional groups attached to an aromatic ring is 1. The summed E-state index contributed by atoms with van der Waals surface area (Å²) in [6, 6.07) is 20.6. The fraction of sp³-hybridized carbons (Fsp3) is 0.0476. The first-order valence-electron chi connectivity index (χ1n) is 8.54. The molecule has 27 heavy (non-hydrogen) atoms. The van der Waals surface area contributed by atoms with Gasteiger partial charge < -0.3 is 11.5 Å². The minimum absolute atomic E-state index is 0.441. The lowest BCUT2D eigenvalue weighted by Crippen LogP contribution is -2.31. The molecule has 1 aromatic heterocycles. The maximum absolute atomic E-state index is 12.2. The van der Waals surface area contributed by atoms with E-state index < -0.39 is 6.03 Å². The standard InChI is InChI=1S/C21H19N5O/c1-13-5-2-7-15(11-13)26(21(23)27)16-8-3-6-14(12-16)17-9-4-10-18-19(17)20(22)25-24-18/h2-12H,1H3,(H2,23,27)(H3,22,24,25). The van der Waals surface area contributed by atoms with Crippen LogP contribution in [0.5, 0.6) is 0 Å². The monoisotopic (exact) mass is 357 g/mol. The Morgan fingerprint density at radius 1 is 1.00 bits per heavy atom. The molecule has 0 saturated carbocycles. The van der Waals surface area contributed by atoms with Gasteiger partial charge in [-0.25, -0.2) is 4.79 Å². The summed E-state index contributed by atoms with van der Waals surface area (Å²) in [5.41, 5.74) is 16.9. The fourth-order valence-electron chi connectivity index (χ4n) is 3.32. The van der Waals surface area contributed by atoms with Crippen LogP contribution in [0.2, 0.25) is 0 Å². The molecule has 2 amide bonds. The van der Waals surface area contributed by atoms with Gasteiger partial charge in [-0.1, -0.05) is 36.4 Å². The Hall–Kier alpha value is -3.80. The van der Waals surface area contributed by atoms with E-state index in [1.54, 1.807) is 0 Å². The summed E-state index contributed by atoms with van der Waals surface area (Å²) in [5.74, 6) is 0.441. The third-order valence-corrected chi connectivity index (χ3v) is 4.51. The van der Waals surface area contributed by atoms with Gasteiger partial charge in [-0.05, 0) is 53.9 Å². The van der Waals surface area contributed by atoms with E-state index in [0.29, 0.717) is 11.5 Å². The average molecular weight is 357 g/mol. The predicted octanol–water partition coefficient (Wildman–Crippen LogP) is 4.34. The van der Waals surface area contributed by atoms with Gasteiger partial charge in [0.1, 0.15) is 0 Å². The number of nitrogens with two attached hydrogens (primary N) is 2. The van der Waals surface area contributed by atoms with Gasteiger partial charge in [0, 0.05) is 0 Å². The van der Waals surface area contributed by atoms with Crippen LogP contribution < -0.4 is 16.4 Å². The number of anilines is 3. The number of hydrogen-bond donors (Lipinski definition) is 3. The summed E-state index contributed by atoms with van der Waals surface area (Å²) in [7, 11) is 0. The summed E-state index contributed by atoms with van der Waals surface area (Å²) in [6.07, 6.45) is 0. The second-order valence-corrected chi connectivity index (χ2v) is 6.40. The van der Waals surface area contributed by atoms with Gasteiger partial charge in [0.05, 0.1) is 22.3 Å². The molecule has 3 aromatic carbocycles. The summed E-state index contributed by atoms with van der Waals surface area (Å²) in [6.45, 7) is 1.97. The van der Waals surface area contributed by atoms with Crippen LogP contribution in [-0.2, 0) is 0 Å². The zero-order valence-corrected chi connectivity index (χ0v) is 14.8. The molecule has 0 aliphatic heterocycles. The molecule has 0 saturated heterocycles. The molecule has 6 heteroatoms. The summed E-state index contributed by atoms with van der Waals surface area (Å²) in [4.78, 5) is 13.7. The number of carbonyl (C=O) groups excluding carboxylic acids is 1. The van der Waals surface area contributed by atoms with Gasteiger partial charge in [-0.15, -0.1) is 0 Å². The van der Waals surface area contributed by atoms with Gasteiger partial charge >= 0.3 is 6.03 Å². The number of hydrogen-bond acceptors (Lipinski definition) is 3. The number of aryl methyl sites for hydroxylation is 1. The van der Waals surface area contributed by atoms with Gasteiger partial charge in [-0.2, -0.15) is 5.10 Å².